The van der Waals surface area contributed by atoms with Crippen LogP contribution in [0, 0.1) is 0 Å². The van der Waals surface area contributed by atoms with E-state index in [0.29, 0.717) is 19.0 Å². The minimum atomic E-state index is 0.251. The molecule has 21 heavy (non-hydrogen) atoms. The van der Waals surface area contributed by atoms with E-state index >= 15 is 0 Å². The smallest absolute Gasteiger partial charge is 0.222 e. The summed E-state index contributed by atoms with van der Waals surface area (Å²) in [5.41, 5.74) is 2.25. The fourth-order valence-electron chi connectivity index (χ4n) is 3.16. The van der Waals surface area contributed by atoms with E-state index in [2.05, 4.69) is 10.3 Å². The van der Waals surface area contributed by atoms with Gasteiger partial charge in [0.1, 0.15) is 5.82 Å². The molecule has 0 aliphatic carbocycles. The lowest BCUT2D eigenvalue weighted by molar-refractivity contribution is -0.132. The first-order valence-electron chi connectivity index (χ1n) is 8.13. The predicted octanol–water partition coefficient (Wildman–Crippen LogP) is 1.98. The summed E-state index contributed by atoms with van der Waals surface area (Å²) in [4.78, 5) is 23.2. The average Bonchev–Trinajstić information content (AvgIpc) is 2.55. The number of amides is 1. The van der Waals surface area contributed by atoms with Crippen LogP contribution in [0.2, 0.25) is 0 Å². The lowest BCUT2D eigenvalue weighted by Gasteiger charge is -2.29. The van der Waals surface area contributed by atoms with Gasteiger partial charge in [0.2, 0.25) is 5.91 Å². The molecule has 1 fully saturated rings. The molecule has 1 N–H and O–H groups in total. The lowest BCUT2D eigenvalue weighted by atomic mass is 10.0. The number of carbonyl (C=O) groups excluding carboxylic acids is 1. The minimum Gasteiger partial charge on any atom is -0.338 e. The zero-order valence-electron chi connectivity index (χ0n) is 12.8. The quantitative estimate of drug-likeness (QED) is 0.924. The monoisotopic (exact) mass is 288 g/mol. The van der Waals surface area contributed by atoms with Crippen LogP contribution in [-0.4, -0.2) is 33.9 Å². The Morgan fingerprint density at radius 1 is 1.48 bits per heavy atom. The van der Waals surface area contributed by atoms with Gasteiger partial charge in [-0.05, 0) is 25.8 Å². The average molecular weight is 288 g/mol. The zero-order valence-corrected chi connectivity index (χ0v) is 12.8. The van der Waals surface area contributed by atoms with E-state index in [0.717, 1.165) is 49.4 Å². The molecule has 0 bridgehead atoms. The molecule has 1 amide bonds. The number of fused-ring (bicyclic) bond motifs is 1. The van der Waals surface area contributed by atoms with Crippen LogP contribution in [0.4, 0.5) is 0 Å². The van der Waals surface area contributed by atoms with Gasteiger partial charge >= 0.3 is 0 Å². The van der Waals surface area contributed by atoms with Crippen LogP contribution in [0.3, 0.4) is 0 Å². The van der Waals surface area contributed by atoms with Crippen molar-refractivity contribution in [3.8, 4) is 0 Å². The molecule has 1 saturated heterocycles. The number of nitrogens with one attached hydrogen (secondary N) is 1. The second kappa shape index (κ2) is 6.52. The van der Waals surface area contributed by atoms with Gasteiger partial charge in [-0.1, -0.05) is 13.3 Å². The standard InChI is InChI=1S/C16H24N4O/c1-2-5-15(21)20-9-7-13-12(11-20)10-18-16(19-13)14-6-3-4-8-17-14/h10,14,17H,2-9,11H2,1H3/t14-/m0/s1. The Hall–Kier alpha value is -1.49. The molecule has 2 aliphatic rings. The lowest BCUT2D eigenvalue weighted by Crippen LogP contribution is -2.37. The Kier molecular flexibility index (Phi) is 4.48. The van der Waals surface area contributed by atoms with Crippen LogP contribution in [-0.2, 0) is 17.8 Å². The molecule has 2 aliphatic heterocycles. The molecule has 5 nitrogen and oxygen atoms in total. The molecule has 3 heterocycles. The third-order valence-corrected chi connectivity index (χ3v) is 4.39. The number of hydrogen-bond acceptors (Lipinski definition) is 4. The van der Waals surface area contributed by atoms with Crippen LogP contribution in [0.1, 0.15) is 62.2 Å². The van der Waals surface area contributed by atoms with E-state index < -0.39 is 0 Å². The Bertz CT molecular complexity index is 511. The highest BCUT2D eigenvalue weighted by Crippen LogP contribution is 2.23. The van der Waals surface area contributed by atoms with Crippen molar-refractivity contribution in [3.05, 3.63) is 23.3 Å². The van der Waals surface area contributed by atoms with Crippen molar-refractivity contribution in [1.82, 2.24) is 20.2 Å². The van der Waals surface area contributed by atoms with E-state index in [9.17, 15) is 4.79 Å². The van der Waals surface area contributed by atoms with Crippen molar-refractivity contribution >= 4 is 5.91 Å². The molecule has 0 saturated carbocycles. The van der Waals surface area contributed by atoms with Crippen LogP contribution in [0.5, 0.6) is 0 Å². The van der Waals surface area contributed by atoms with Gasteiger partial charge < -0.3 is 10.2 Å². The Balaban J connectivity index is 1.71. The summed E-state index contributed by atoms with van der Waals surface area (Å²) in [5.74, 6) is 1.18. The molecule has 5 heteroatoms. The van der Waals surface area contributed by atoms with E-state index in [1.807, 2.05) is 18.0 Å². The molecule has 1 aromatic rings. The molecule has 0 unspecified atom stereocenters. The van der Waals surface area contributed by atoms with Gasteiger partial charge in [0.15, 0.2) is 0 Å². The SMILES string of the molecule is CCCC(=O)N1CCc2nc([C@@H]3CCCCN3)ncc2C1. The summed E-state index contributed by atoms with van der Waals surface area (Å²) >= 11 is 0. The summed E-state index contributed by atoms with van der Waals surface area (Å²) in [6, 6.07) is 0.309. The van der Waals surface area contributed by atoms with Crippen LogP contribution in [0.25, 0.3) is 0 Å². The van der Waals surface area contributed by atoms with Gasteiger partial charge in [-0.3, -0.25) is 4.79 Å². The maximum Gasteiger partial charge on any atom is 0.222 e. The van der Waals surface area contributed by atoms with Gasteiger partial charge in [-0.15, -0.1) is 0 Å². The van der Waals surface area contributed by atoms with Gasteiger partial charge in [-0.25, -0.2) is 9.97 Å². The highest BCUT2D eigenvalue weighted by atomic mass is 16.2. The third-order valence-electron chi connectivity index (χ3n) is 4.39. The number of carbonyl (C=O) groups is 1. The Morgan fingerprint density at radius 2 is 2.38 bits per heavy atom. The van der Waals surface area contributed by atoms with Gasteiger partial charge in [0, 0.05) is 37.7 Å². The molecule has 114 valence electrons. The molecular formula is C16H24N4O. The van der Waals surface area contributed by atoms with Crippen molar-refractivity contribution in [2.75, 3.05) is 13.1 Å². The number of hydrogen-bond donors (Lipinski definition) is 1. The summed E-state index contributed by atoms with van der Waals surface area (Å²) in [6.45, 7) is 4.57. The zero-order chi connectivity index (χ0) is 14.7. The summed E-state index contributed by atoms with van der Waals surface area (Å²) in [7, 11) is 0. The van der Waals surface area contributed by atoms with E-state index in [1.165, 1.54) is 12.8 Å². The third kappa shape index (κ3) is 3.23. The molecule has 3 rings (SSSR count). The first kappa shape index (κ1) is 14.4. The second-order valence-corrected chi connectivity index (χ2v) is 6.02. The highest BCUT2D eigenvalue weighted by Gasteiger charge is 2.24. The molecule has 1 aromatic heterocycles. The normalized spacial score (nSPS) is 22.0. The molecule has 0 spiro atoms. The predicted molar refractivity (Wildman–Crippen MR) is 80.7 cm³/mol. The minimum absolute atomic E-state index is 0.251. The fraction of sp³-hybridized carbons (Fsp3) is 0.688. The molecule has 0 aromatic carbocycles. The Labute approximate surface area is 126 Å². The van der Waals surface area contributed by atoms with Crippen molar-refractivity contribution in [3.63, 3.8) is 0 Å². The fourth-order valence-corrected chi connectivity index (χ4v) is 3.16. The van der Waals surface area contributed by atoms with Crippen molar-refractivity contribution in [2.45, 2.75) is 58.0 Å². The number of aromatic nitrogens is 2. The molecule has 1 atom stereocenters. The van der Waals surface area contributed by atoms with Crippen LogP contribution < -0.4 is 5.32 Å². The van der Waals surface area contributed by atoms with Gasteiger partial charge in [0.05, 0.1) is 11.7 Å². The maximum atomic E-state index is 12.0. The van der Waals surface area contributed by atoms with E-state index in [-0.39, 0.29) is 5.91 Å². The first-order chi connectivity index (χ1) is 10.3. The van der Waals surface area contributed by atoms with E-state index in [4.69, 9.17) is 4.98 Å². The number of piperidine rings is 1. The number of nitrogens with zero attached hydrogens (tertiary/aromatic N) is 3. The molecular weight excluding hydrogens is 264 g/mol. The summed E-state index contributed by atoms with van der Waals surface area (Å²) in [6.07, 6.45) is 7.95. The topological polar surface area (TPSA) is 58.1 Å². The van der Waals surface area contributed by atoms with Gasteiger partial charge in [0.25, 0.3) is 0 Å². The molecule has 0 radical (unpaired) electrons. The first-order valence-corrected chi connectivity index (χ1v) is 8.13. The Morgan fingerprint density at radius 3 is 3.14 bits per heavy atom. The summed E-state index contributed by atoms with van der Waals surface area (Å²) < 4.78 is 0. The van der Waals surface area contributed by atoms with Crippen molar-refractivity contribution in [1.29, 1.82) is 0 Å². The van der Waals surface area contributed by atoms with Gasteiger partial charge in [-0.2, -0.15) is 0 Å². The van der Waals surface area contributed by atoms with E-state index in [1.54, 1.807) is 0 Å². The second-order valence-electron chi connectivity index (χ2n) is 6.02. The van der Waals surface area contributed by atoms with Crippen LogP contribution in [0.15, 0.2) is 6.20 Å². The highest BCUT2D eigenvalue weighted by molar-refractivity contribution is 5.76. The van der Waals surface area contributed by atoms with Crippen molar-refractivity contribution < 1.29 is 4.79 Å². The largest absolute Gasteiger partial charge is 0.338 e. The maximum absolute atomic E-state index is 12.0. The summed E-state index contributed by atoms with van der Waals surface area (Å²) in [5, 5.41) is 3.50. The van der Waals surface area contributed by atoms with Crippen LogP contribution >= 0.6 is 0 Å². The number of rotatable bonds is 3. The van der Waals surface area contributed by atoms with Crippen molar-refractivity contribution in [2.24, 2.45) is 0 Å².